The van der Waals surface area contributed by atoms with Crippen molar-refractivity contribution in [2.45, 2.75) is 26.3 Å². The molecule has 106 valence electrons. The lowest BCUT2D eigenvalue weighted by Gasteiger charge is -2.17. The highest BCUT2D eigenvalue weighted by Crippen LogP contribution is 2.22. The minimum absolute atomic E-state index is 0.203. The van der Waals surface area contributed by atoms with Crippen LogP contribution in [0.1, 0.15) is 27.0 Å². The molecule has 0 aliphatic carbocycles. The summed E-state index contributed by atoms with van der Waals surface area (Å²) in [7, 11) is 0. The van der Waals surface area contributed by atoms with Crippen LogP contribution in [0.5, 0.6) is 0 Å². The van der Waals surface area contributed by atoms with Crippen LogP contribution in [0.15, 0.2) is 30.3 Å². The number of hydrogen-bond donors (Lipinski definition) is 3. The fourth-order valence-corrected chi connectivity index (χ4v) is 3.12. The standard InChI is InChI=1S/C15H19N3OS/c1-9(7-12-5-3-10(2)20-12)18-14-6-4-11(16)8-13(14)15(17)19/h3-6,8-9,18H,7,16H2,1-2H3,(H2,17,19). The number of aryl methyl sites for hydroxylation is 1. The molecule has 1 amide bonds. The highest BCUT2D eigenvalue weighted by molar-refractivity contribution is 7.11. The van der Waals surface area contributed by atoms with Crippen LogP contribution in [-0.2, 0) is 6.42 Å². The van der Waals surface area contributed by atoms with Gasteiger partial charge >= 0.3 is 0 Å². The van der Waals surface area contributed by atoms with Gasteiger partial charge in [0.2, 0.25) is 0 Å². The molecule has 1 aromatic carbocycles. The van der Waals surface area contributed by atoms with Gasteiger partial charge in [-0.15, -0.1) is 11.3 Å². The van der Waals surface area contributed by atoms with E-state index in [1.54, 1.807) is 29.5 Å². The first kappa shape index (κ1) is 14.4. The SMILES string of the molecule is Cc1ccc(CC(C)Nc2ccc(N)cc2C(N)=O)s1. The summed E-state index contributed by atoms with van der Waals surface area (Å²) < 4.78 is 0. The van der Waals surface area contributed by atoms with Crippen molar-refractivity contribution in [1.29, 1.82) is 0 Å². The zero-order valence-corrected chi connectivity index (χ0v) is 12.5. The van der Waals surface area contributed by atoms with Gasteiger partial charge in [-0.25, -0.2) is 0 Å². The normalized spacial score (nSPS) is 12.1. The molecule has 20 heavy (non-hydrogen) atoms. The van der Waals surface area contributed by atoms with Gasteiger partial charge in [-0.1, -0.05) is 0 Å². The van der Waals surface area contributed by atoms with E-state index in [0.717, 1.165) is 12.1 Å². The average molecular weight is 289 g/mol. The number of carbonyl (C=O) groups excluding carboxylic acids is 1. The molecule has 0 saturated heterocycles. The summed E-state index contributed by atoms with van der Waals surface area (Å²) in [5.74, 6) is -0.473. The lowest BCUT2D eigenvalue weighted by molar-refractivity contribution is 0.100. The molecule has 0 aliphatic heterocycles. The summed E-state index contributed by atoms with van der Waals surface area (Å²) in [6.07, 6.45) is 0.904. The summed E-state index contributed by atoms with van der Waals surface area (Å²) >= 11 is 1.79. The number of amides is 1. The Hall–Kier alpha value is -2.01. The first-order valence-electron chi connectivity index (χ1n) is 6.47. The highest BCUT2D eigenvalue weighted by atomic mass is 32.1. The van der Waals surface area contributed by atoms with E-state index in [1.165, 1.54) is 9.75 Å². The summed E-state index contributed by atoms with van der Waals surface area (Å²) in [5, 5.41) is 3.33. The molecule has 0 saturated carbocycles. The summed E-state index contributed by atoms with van der Waals surface area (Å²) in [5.41, 5.74) is 12.8. The molecule has 0 radical (unpaired) electrons. The second kappa shape index (κ2) is 5.96. The van der Waals surface area contributed by atoms with Crippen LogP contribution in [0, 0.1) is 6.92 Å². The van der Waals surface area contributed by atoms with Crippen molar-refractivity contribution in [3.63, 3.8) is 0 Å². The third-order valence-electron chi connectivity index (χ3n) is 3.01. The predicted octanol–water partition coefficient (Wildman–Crippen LogP) is 2.78. The first-order chi connectivity index (χ1) is 9.45. The Labute approximate surface area is 122 Å². The Morgan fingerprint density at radius 2 is 2.10 bits per heavy atom. The fourth-order valence-electron chi connectivity index (χ4n) is 2.10. The van der Waals surface area contributed by atoms with Crippen LogP contribution in [0.2, 0.25) is 0 Å². The zero-order valence-electron chi connectivity index (χ0n) is 11.6. The molecule has 1 heterocycles. The minimum Gasteiger partial charge on any atom is -0.399 e. The minimum atomic E-state index is -0.473. The number of benzene rings is 1. The smallest absolute Gasteiger partial charge is 0.250 e. The predicted molar refractivity (Wildman–Crippen MR) is 85.2 cm³/mol. The molecule has 5 N–H and O–H groups in total. The van der Waals surface area contributed by atoms with Gasteiger partial charge in [-0.05, 0) is 44.2 Å². The maximum absolute atomic E-state index is 11.4. The van der Waals surface area contributed by atoms with Gasteiger partial charge in [0.1, 0.15) is 0 Å². The molecular weight excluding hydrogens is 270 g/mol. The molecule has 1 atom stereocenters. The van der Waals surface area contributed by atoms with Gasteiger partial charge in [-0.3, -0.25) is 4.79 Å². The van der Waals surface area contributed by atoms with Crippen molar-refractivity contribution >= 4 is 28.6 Å². The van der Waals surface area contributed by atoms with E-state index in [2.05, 4.69) is 31.3 Å². The van der Waals surface area contributed by atoms with E-state index in [4.69, 9.17) is 11.5 Å². The molecule has 2 aromatic rings. The second-order valence-electron chi connectivity index (χ2n) is 4.93. The monoisotopic (exact) mass is 289 g/mol. The number of carbonyl (C=O) groups is 1. The number of nitrogen functional groups attached to an aromatic ring is 1. The molecule has 0 fully saturated rings. The van der Waals surface area contributed by atoms with Crippen LogP contribution in [0.3, 0.4) is 0 Å². The van der Waals surface area contributed by atoms with E-state index in [9.17, 15) is 4.79 Å². The maximum atomic E-state index is 11.4. The summed E-state index contributed by atoms with van der Waals surface area (Å²) in [4.78, 5) is 14.1. The zero-order chi connectivity index (χ0) is 14.7. The number of thiophene rings is 1. The third kappa shape index (κ3) is 3.51. The maximum Gasteiger partial charge on any atom is 0.250 e. The molecule has 2 rings (SSSR count). The van der Waals surface area contributed by atoms with Crippen LogP contribution < -0.4 is 16.8 Å². The van der Waals surface area contributed by atoms with Gasteiger partial charge < -0.3 is 16.8 Å². The number of rotatable bonds is 5. The lowest BCUT2D eigenvalue weighted by atomic mass is 10.1. The number of primary amides is 1. The van der Waals surface area contributed by atoms with Gasteiger partial charge in [0.25, 0.3) is 5.91 Å². The van der Waals surface area contributed by atoms with Crippen molar-refractivity contribution < 1.29 is 4.79 Å². The van der Waals surface area contributed by atoms with E-state index < -0.39 is 5.91 Å². The Bertz CT molecular complexity index is 621. The number of nitrogens with one attached hydrogen (secondary N) is 1. The van der Waals surface area contributed by atoms with Crippen LogP contribution >= 0.6 is 11.3 Å². The van der Waals surface area contributed by atoms with Crippen molar-refractivity contribution in [2.24, 2.45) is 5.73 Å². The largest absolute Gasteiger partial charge is 0.399 e. The van der Waals surface area contributed by atoms with Gasteiger partial charge in [0.15, 0.2) is 0 Å². The van der Waals surface area contributed by atoms with Crippen LogP contribution in [0.4, 0.5) is 11.4 Å². The molecule has 0 aliphatic rings. The van der Waals surface area contributed by atoms with Crippen molar-refractivity contribution in [3.8, 4) is 0 Å². The molecule has 1 aromatic heterocycles. The molecule has 4 nitrogen and oxygen atoms in total. The molecular formula is C15H19N3OS. The average Bonchev–Trinajstić information content (AvgIpc) is 2.76. The Balaban J connectivity index is 2.11. The number of hydrogen-bond acceptors (Lipinski definition) is 4. The Morgan fingerprint density at radius 3 is 2.70 bits per heavy atom. The molecule has 5 heteroatoms. The van der Waals surface area contributed by atoms with E-state index in [1.807, 2.05) is 0 Å². The lowest BCUT2D eigenvalue weighted by Crippen LogP contribution is -2.21. The van der Waals surface area contributed by atoms with Gasteiger partial charge in [0, 0.05) is 33.6 Å². The summed E-state index contributed by atoms with van der Waals surface area (Å²) in [6, 6.07) is 9.62. The first-order valence-corrected chi connectivity index (χ1v) is 7.28. The fraction of sp³-hybridized carbons (Fsp3) is 0.267. The summed E-state index contributed by atoms with van der Waals surface area (Å²) in [6.45, 7) is 4.17. The van der Waals surface area contributed by atoms with Crippen molar-refractivity contribution in [3.05, 3.63) is 45.6 Å². The van der Waals surface area contributed by atoms with Crippen LogP contribution in [0.25, 0.3) is 0 Å². The van der Waals surface area contributed by atoms with E-state index in [0.29, 0.717) is 11.3 Å². The topological polar surface area (TPSA) is 81.1 Å². The Kier molecular flexibility index (Phi) is 4.29. The number of anilines is 2. The quantitative estimate of drug-likeness (QED) is 0.740. The van der Waals surface area contributed by atoms with Crippen molar-refractivity contribution in [2.75, 3.05) is 11.1 Å². The molecule has 0 bridgehead atoms. The molecule has 0 spiro atoms. The van der Waals surface area contributed by atoms with Gasteiger partial charge in [-0.2, -0.15) is 0 Å². The van der Waals surface area contributed by atoms with E-state index in [-0.39, 0.29) is 6.04 Å². The Morgan fingerprint density at radius 1 is 1.35 bits per heavy atom. The highest BCUT2D eigenvalue weighted by Gasteiger charge is 2.12. The third-order valence-corrected chi connectivity index (χ3v) is 4.04. The van der Waals surface area contributed by atoms with Crippen LogP contribution in [-0.4, -0.2) is 11.9 Å². The molecule has 1 unspecified atom stereocenters. The van der Waals surface area contributed by atoms with E-state index >= 15 is 0 Å². The number of nitrogens with two attached hydrogens (primary N) is 2. The van der Waals surface area contributed by atoms with Crippen molar-refractivity contribution in [1.82, 2.24) is 0 Å². The second-order valence-corrected chi connectivity index (χ2v) is 6.30. The van der Waals surface area contributed by atoms with Gasteiger partial charge in [0.05, 0.1) is 5.56 Å².